The number of aromatic nitrogens is 3. The standard InChI is InChI=1S/C19H26N6O3S/c1-4-25-18(24-9-11-28-12-10-24)22-23-19(25)29-13(2)17(27)21-16-7-5-15(6-8-16)20-14(3)26/h5-8,13H,4,9-12H2,1-3H3,(H,20,26)(H,21,27)/t13-/m0/s1. The van der Waals surface area contributed by atoms with Crippen molar-refractivity contribution < 1.29 is 14.3 Å². The van der Waals surface area contributed by atoms with Crippen molar-refractivity contribution in [3.8, 4) is 0 Å². The number of hydrogen-bond acceptors (Lipinski definition) is 7. The Labute approximate surface area is 174 Å². The highest BCUT2D eigenvalue weighted by molar-refractivity contribution is 8.00. The van der Waals surface area contributed by atoms with Gasteiger partial charge in [0, 0.05) is 37.9 Å². The van der Waals surface area contributed by atoms with Crippen LogP contribution in [0.1, 0.15) is 20.8 Å². The normalized spacial score (nSPS) is 15.1. The monoisotopic (exact) mass is 418 g/mol. The molecule has 0 unspecified atom stereocenters. The van der Waals surface area contributed by atoms with Crippen molar-refractivity contribution >= 4 is 40.9 Å². The summed E-state index contributed by atoms with van der Waals surface area (Å²) in [5, 5.41) is 14.6. The molecule has 9 nitrogen and oxygen atoms in total. The van der Waals surface area contributed by atoms with E-state index in [4.69, 9.17) is 4.74 Å². The molecule has 1 aromatic heterocycles. The maximum absolute atomic E-state index is 12.6. The molecule has 1 aliphatic heterocycles. The van der Waals surface area contributed by atoms with E-state index in [9.17, 15) is 9.59 Å². The molecule has 3 rings (SSSR count). The second-order valence-corrected chi connectivity index (χ2v) is 7.94. The summed E-state index contributed by atoms with van der Waals surface area (Å²) in [5.74, 6) is 0.559. The molecule has 2 heterocycles. The van der Waals surface area contributed by atoms with E-state index in [1.807, 2.05) is 18.4 Å². The fourth-order valence-electron chi connectivity index (χ4n) is 2.94. The molecule has 2 aromatic rings. The molecule has 0 spiro atoms. The van der Waals surface area contributed by atoms with Gasteiger partial charge in [0.2, 0.25) is 17.8 Å². The van der Waals surface area contributed by atoms with Gasteiger partial charge in [-0.25, -0.2) is 0 Å². The second kappa shape index (κ2) is 9.75. The van der Waals surface area contributed by atoms with Gasteiger partial charge in [0.1, 0.15) is 0 Å². The van der Waals surface area contributed by atoms with E-state index in [0.717, 1.165) is 30.7 Å². The van der Waals surface area contributed by atoms with Crippen molar-refractivity contribution in [2.24, 2.45) is 0 Å². The molecular formula is C19H26N6O3S. The third kappa shape index (κ3) is 5.48. The van der Waals surface area contributed by atoms with Gasteiger partial charge in [-0.05, 0) is 38.1 Å². The third-order valence-corrected chi connectivity index (χ3v) is 5.51. The molecule has 1 saturated heterocycles. The minimum absolute atomic E-state index is 0.124. The molecule has 0 bridgehead atoms. The van der Waals surface area contributed by atoms with Gasteiger partial charge in [-0.3, -0.25) is 14.2 Å². The average molecular weight is 419 g/mol. The lowest BCUT2D eigenvalue weighted by Crippen LogP contribution is -2.38. The first-order chi connectivity index (χ1) is 14.0. The van der Waals surface area contributed by atoms with Gasteiger partial charge in [-0.2, -0.15) is 0 Å². The lowest BCUT2D eigenvalue weighted by atomic mass is 10.2. The first-order valence-corrected chi connectivity index (χ1v) is 10.5. The van der Waals surface area contributed by atoms with Crippen LogP contribution in [0.2, 0.25) is 0 Å². The van der Waals surface area contributed by atoms with Gasteiger partial charge in [0.25, 0.3) is 0 Å². The van der Waals surface area contributed by atoms with Gasteiger partial charge in [0.15, 0.2) is 5.16 Å². The predicted octanol–water partition coefficient (Wildman–Crippen LogP) is 2.21. The zero-order valence-electron chi connectivity index (χ0n) is 16.8. The number of carbonyl (C=O) groups is 2. The molecule has 0 radical (unpaired) electrons. The lowest BCUT2D eigenvalue weighted by Gasteiger charge is -2.27. The van der Waals surface area contributed by atoms with Crippen LogP contribution >= 0.6 is 11.8 Å². The molecule has 0 saturated carbocycles. The number of thioether (sulfide) groups is 1. The minimum Gasteiger partial charge on any atom is -0.378 e. The predicted molar refractivity (Wildman–Crippen MR) is 113 cm³/mol. The Morgan fingerprint density at radius 2 is 1.76 bits per heavy atom. The van der Waals surface area contributed by atoms with Gasteiger partial charge in [0.05, 0.1) is 18.5 Å². The molecule has 1 aliphatic rings. The fourth-order valence-corrected chi connectivity index (χ4v) is 3.85. The average Bonchev–Trinajstić information content (AvgIpc) is 3.12. The quantitative estimate of drug-likeness (QED) is 0.665. The third-order valence-electron chi connectivity index (χ3n) is 4.43. The number of nitrogens with zero attached hydrogens (tertiary/aromatic N) is 4. The Kier molecular flexibility index (Phi) is 7.10. The SMILES string of the molecule is CCn1c(S[C@@H](C)C(=O)Nc2ccc(NC(C)=O)cc2)nnc1N1CCOCC1. The molecule has 1 aromatic carbocycles. The van der Waals surface area contributed by atoms with Crippen LogP contribution in [0, 0.1) is 0 Å². The van der Waals surface area contributed by atoms with E-state index < -0.39 is 0 Å². The molecule has 156 valence electrons. The summed E-state index contributed by atoms with van der Waals surface area (Å²) in [7, 11) is 0. The zero-order valence-corrected chi connectivity index (χ0v) is 17.7. The van der Waals surface area contributed by atoms with Crippen molar-refractivity contribution in [1.82, 2.24) is 14.8 Å². The van der Waals surface area contributed by atoms with Gasteiger partial charge in [-0.15, -0.1) is 10.2 Å². The molecule has 29 heavy (non-hydrogen) atoms. The van der Waals surface area contributed by atoms with Crippen molar-refractivity contribution in [3.63, 3.8) is 0 Å². The second-order valence-electron chi connectivity index (χ2n) is 6.63. The minimum atomic E-state index is -0.350. The molecule has 10 heteroatoms. The summed E-state index contributed by atoms with van der Waals surface area (Å²) < 4.78 is 7.43. The number of carbonyl (C=O) groups excluding carboxylic acids is 2. The van der Waals surface area contributed by atoms with E-state index in [0.29, 0.717) is 24.6 Å². The Bertz CT molecular complexity index is 848. The van der Waals surface area contributed by atoms with Crippen LogP contribution in [0.4, 0.5) is 17.3 Å². The summed E-state index contributed by atoms with van der Waals surface area (Å²) in [6, 6.07) is 7.01. The summed E-state index contributed by atoms with van der Waals surface area (Å²) in [6.45, 7) is 8.99. The van der Waals surface area contributed by atoms with Crippen LogP contribution in [0.15, 0.2) is 29.4 Å². The Balaban J connectivity index is 1.62. The van der Waals surface area contributed by atoms with Crippen LogP contribution in [-0.4, -0.2) is 58.1 Å². The first-order valence-electron chi connectivity index (χ1n) is 9.59. The molecule has 2 N–H and O–H groups in total. The van der Waals surface area contributed by atoms with Crippen LogP contribution in [0.5, 0.6) is 0 Å². The number of ether oxygens (including phenoxy) is 1. The van der Waals surface area contributed by atoms with Crippen molar-refractivity contribution in [2.75, 3.05) is 41.8 Å². The van der Waals surface area contributed by atoms with Crippen molar-refractivity contribution in [1.29, 1.82) is 0 Å². The zero-order chi connectivity index (χ0) is 20.8. The highest BCUT2D eigenvalue weighted by Crippen LogP contribution is 2.27. The molecule has 0 aliphatic carbocycles. The smallest absolute Gasteiger partial charge is 0.237 e. The number of hydrogen-bond donors (Lipinski definition) is 2. The first kappa shape index (κ1) is 21.1. The maximum Gasteiger partial charge on any atom is 0.237 e. The maximum atomic E-state index is 12.6. The molecular weight excluding hydrogens is 392 g/mol. The van der Waals surface area contributed by atoms with E-state index in [-0.39, 0.29) is 17.1 Å². The number of anilines is 3. The number of rotatable bonds is 7. The van der Waals surface area contributed by atoms with E-state index in [1.165, 1.54) is 18.7 Å². The summed E-state index contributed by atoms with van der Waals surface area (Å²) in [6.07, 6.45) is 0. The number of nitrogens with one attached hydrogen (secondary N) is 2. The highest BCUT2D eigenvalue weighted by Gasteiger charge is 2.23. The topological polar surface area (TPSA) is 101 Å². The fraction of sp³-hybridized carbons (Fsp3) is 0.474. The van der Waals surface area contributed by atoms with Gasteiger partial charge < -0.3 is 20.3 Å². The highest BCUT2D eigenvalue weighted by atomic mass is 32.2. The Hall–Kier alpha value is -2.59. The van der Waals surface area contributed by atoms with Gasteiger partial charge >= 0.3 is 0 Å². The molecule has 2 amide bonds. The van der Waals surface area contributed by atoms with Gasteiger partial charge in [-0.1, -0.05) is 11.8 Å². The van der Waals surface area contributed by atoms with E-state index in [1.54, 1.807) is 24.3 Å². The van der Waals surface area contributed by atoms with E-state index in [2.05, 4.69) is 25.7 Å². The number of amides is 2. The van der Waals surface area contributed by atoms with Crippen LogP contribution in [0.3, 0.4) is 0 Å². The van der Waals surface area contributed by atoms with Crippen LogP contribution in [-0.2, 0) is 20.9 Å². The van der Waals surface area contributed by atoms with Crippen LogP contribution in [0.25, 0.3) is 0 Å². The largest absolute Gasteiger partial charge is 0.378 e. The molecule has 1 atom stereocenters. The Morgan fingerprint density at radius 3 is 2.34 bits per heavy atom. The van der Waals surface area contributed by atoms with Crippen molar-refractivity contribution in [3.05, 3.63) is 24.3 Å². The van der Waals surface area contributed by atoms with Crippen molar-refractivity contribution in [2.45, 2.75) is 37.7 Å². The summed E-state index contributed by atoms with van der Waals surface area (Å²) in [5.41, 5.74) is 1.35. The summed E-state index contributed by atoms with van der Waals surface area (Å²) >= 11 is 1.38. The summed E-state index contributed by atoms with van der Waals surface area (Å²) in [4.78, 5) is 25.8. The number of morpholine rings is 1. The Morgan fingerprint density at radius 1 is 1.14 bits per heavy atom. The molecule has 1 fully saturated rings. The number of benzene rings is 1. The van der Waals surface area contributed by atoms with Crippen LogP contribution < -0.4 is 15.5 Å². The lowest BCUT2D eigenvalue weighted by molar-refractivity contribution is -0.115. The van der Waals surface area contributed by atoms with E-state index >= 15 is 0 Å².